The minimum absolute atomic E-state index is 0.00148. The van der Waals surface area contributed by atoms with Crippen molar-refractivity contribution in [3.63, 3.8) is 0 Å². The van der Waals surface area contributed by atoms with Crippen molar-refractivity contribution < 1.29 is 0 Å². The van der Waals surface area contributed by atoms with Gasteiger partial charge in [-0.25, -0.2) is 4.98 Å². The SMILES string of the molecule is O=c1c2cc(-c3ccccc3)sc2ncn1Cc1cccc(Br)c1. The molecule has 0 N–H and O–H groups in total. The van der Waals surface area contributed by atoms with Gasteiger partial charge in [-0.1, -0.05) is 58.4 Å². The summed E-state index contributed by atoms with van der Waals surface area (Å²) in [5, 5.41) is 0.677. The number of hydrogen-bond acceptors (Lipinski definition) is 3. The third-order valence-electron chi connectivity index (χ3n) is 3.82. The first-order chi connectivity index (χ1) is 11.7. The molecule has 0 amide bonds. The van der Waals surface area contributed by atoms with Crippen molar-refractivity contribution in [1.29, 1.82) is 0 Å². The number of nitrogens with zero attached hydrogens (tertiary/aromatic N) is 2. The zero-order valence-electron chi connectivity index (χ0n) is 12.6. The molecule has 0 saturated carbocycles. The van der Waals surface area contributed by atoms with Crippen molar-refractivity contribution >= 4 is 37.5 Å². The number of rotatable bonds is 3. The summed E-state index contributed by atoms with van der Waals surface area (Å²) in [6, 6.07) is 20.0. The average Bonchev–Trinajstić information content (AvgIpc) is 3.03. The van der Waals surface area contributed by atoms with Crippen LogP contribution in [0.1, 0.15) is 5.56 Å². The van der Waals surface area contributed by atoms with E-state index in [0.29, 0.717) is 11.9 Å². The van der Waals surface area contributed by atoms with Gasteiger partial charge in [0.15, 0.2) is 0 Å². The third-order valence-corrected chi connectivity index (χ3v) is 5.40. The predicted molar refractivity (Wildman–Crippen MR) is 103 cm³/mol. The van der Waals surface area contributed by atoms with Gasteiger partial charge >= 0.3 is 0 Å². The summed E-state index contributed by atoms with van der Waals surface area (Å²) in [5.74, 6) is 0. The third kappa shape index (κ3) is 2.92. The highest BCUT2D eigenvalue weighted by molar-refractivity contribution is 9.10. The topological polar surface area (TPSA) is 34.9 Å². The standard InChI is InChI=1S/C19H13BrN2OS/c20-15-8-4-5-13(9-15)11-22-12-21-18-16(19(22)23)10-17(24-18)14-6-2-1-3-7-14/h1-10,12H,11H2. The molecule has 4 aromatic rings. The molecule has 118 valence electrons. The van der Waals surface area contributed by atoms with Crippen molar-refractivity contribution in [2.24, 2.45) is 0 Å². The van der Waals surface area contributed by atoms with E-state index in [-0.39, 0.29) is 5.56 Å². The van der Waals surface area contributed by atoms with E-state index >= 15 is 0 Å². The van der Waals surface area contributed by atoms with E-state index in [0.717, 1.165) is 25.3 Å². The minimum Gasteiger partial charge on any atom is -0.294 e. The number of thiophene rings is 1. The molecule has 0 unspecified atom stereocenters. The Morgan fingerprint density at radius 1 is 1.04 bits per heavy atom. The summed E-state index contributed by atoms with van der Waals surface area (Å²) >= 11 is 5.01. The first-order valence-electron chi connectivity index (χ1n) is 7.49. The van der Waals surface area contributed by atoms with Gasteiger partial charge in [0, 0.05) is 9.35 Å². The van der Waals surface area contributed by atoms with Crippen LogP contribution in [0.15, 0.2) is 76.3 Å². The van der Waals surface area contributed by atoms with E-state index in [1.165, 1.54) is 0 Å². The average molecular weight is 397 g/mol. The van der Waals surface area contributed by atoms with Crippen molar-refractivity contribution in [2.45, 2.75) is 6.54 Å². The van der Waals surface area contributed by atoms with Crippen LogP contribution >= 0.6 is 27.3 Å². The van der Waals surface area contributed by atoms with E-state index in [1.54, 1.807) is 22.2 Å². The van der Waals surface area contributed by atoms with E-state index in [2.05, 4.69) is 20.9 Å². The Morgan fingerprint density at radius 2 is 1.88 bits per heavy atom. The fraction of sp³-hybridized carbons (Fsp3) is 0.0526. The number of fused-ring (bicyclic) bond motifs is 1. The summed E-state index contributed by atoms with van der Waals surface area (Å²) in [5.41, 5.74) is 2.17. The van der Waals surface area contributed by atoms with Crippen LogP contribution in [0, 0.1) is 0 Å². The van der Waals surface area contributed by atoms with Gasteiger partial charge in [0.2, 0.25) is 0 Å². The second-order valence-electron chi connectivity index (χ2n) is 5.50. The molecule has 24 heavy (non-hydrogen) atoms. The van der Waals surface area contributed by atoms with Crippen LogP contribution in [0.4, 0.5) is 0 Å². The number of hydrogen-bond donors (Lipinski definition) is 0. The van der Waals surface area contributed by atoms with Gasteiger partial charge in [-0.15, -0.1) is 11.3 Å². The highest BCUT2D eigenvalue weighted by atomic mass is 79.9. The molecular formula is C19H13BrN2OS. The Bertz CT molecular complexity index is 1070. The quantitative estimate of drug-likeness (QED) is 0.491. The maximum Gasteiger partial charge on any atom is 0.262 e. The Balaban J connectivity index is 1.76. The van der Waals surface area contributed by atoms with Crippen molar-refractivity contribution in [2.75, 3.05) is 0 Å². The lowest BCUT2D eigenvalue weighted by atomic mass is 10.2. The van der Waals surface area contributed by atoms with Crippen molar-refractivity contribution in [1.82, 2.24) is 9.55 Å². The largest absolute Gasteiger partial charge is 0.294 e. The van der Waals surface area contributed by atoms with Gasteiger partial charge in [-0.3, -0.25) is 9.36 Å². The Morgan fingerprint density at radius 3 is 2.67 bits per heavy atom. The van der Waals surface area contributed by atoms with Gasteiger partial charge in [-0.2, -0.15) is 0 Å². The van der Waals surface area contributed by atoms with Crippen molar-refractivity contribution in [3.05, 3.63) is 87.4 Å². The molecule has 3 nitrogen and oxygen atoms in total. The van der Waals surface area contributed by atoms with Crippen LogP contribution in [0.5, 0.6) is 0 Å². The monoisotopic (exact) mass is 396 g/mol. The van der Waals surface area contributed by atoms with Crippen LogP contribution in [-0.2, 0) is 6.54 Å². The van der Waals surface area contributed by atoms with E-state index in [1.807, 2.05) is 60.7 Å². The lowest BCUT2D eigenvalue weighted by Gasteiger charge is -2.05. The highest BCUT2D eigenvalue weighted by Crippen LogP contribution is 2.30. The zero-order chi connectivity index (χ0) is 16.5. The number of benzene rings is 2. The summed E-state index contributed by atoms with van der Waals surface area (Å²) in [4.78, 5) is 19.1. The number of aromatic nitrogens is 2. The molecule has 0 aliphatic carbocycles. The Hall–Kier alpha value is -2.24. The van der Waals surface area contributed by atoms with Gasteiger partial charge in [0.1, 0.15) is 4.83 Å². The van der Waals surface area contributed by atoms with Crippen LogP contribution in [0.25, 0.3) is 20.7 Å². The molecule has 0 aliphatic heterocycles. The Labute approximate surface area is 151 Å². The van der Waals surface area contributed by atoms with Crippen molar-refractivity contribution in [3.8, 4) is 10.4 Å². The van der Waals surface area contributed by atoms with Gasteiger partial charge in [0.25, 0.3) is 5.56 Å². The molecule has 0 bridgehead atoms. The van der Waals surface area contributed by atoms with E-state index < -0.39 is 0 Å². The zero-order valence-corrected chi connectivity index (χ0v) is 15.0. The van der Waals surface area contributed by atoms with E-state index in [9.17, 15) is 4.79 Å². The van der Waals surface area contributed by atoms with Gasteiger partial charge < -0.3 is 0 Å². The molecule has 2 heterocycles. The molecular weight excluding hydrogens is 384 g/mol. The fourth-order valence-corrected chi connectivity index (χ4v) is 4.09. The van der Waals surface area contributed by atoms with Crippen LogP contribution in [0.3, 0.4) is 0 Å². The molecule has 0 aliphatic rings. The first kappa shape index (κ1) is 15.3. The summed E-state index contributed by atoms with van der Waals surface area (Å²) < 4.78 is 2.66. The summed E-state index contributed by atoms with van der Waals surface area (Å²) in [7, 11) is 0. The smallest absolute Gasteiger partial charge is 0.262 e. The normalized spacial score (nSPS) is 11.0. The first-order valence-corrected chi connectivity index (χ1v) is 9.10. The second kappa shape index (κ2) is 6.34. The molecule has 4 rings (SSSR count). The lowest BCUT2D eigenvalue weighted by molar-refractivity contribution is 0.749. The lowest BCUT2D eigenvalue weighted by Crippen LogP contribution is -2.20. The maximum atomic E-state index is 12.8. The molecule has 0 spiro atoms. The predicted octanol–water partition coefficient (Wildman–Crippen LogP) is 4.94. The summed E-state index contributed by atoms with van der Waals surface area (Å²) in [6.07, 6.45) is 1.64. The molecule has 5 heteroatoms. The fourth-order valence-electron chi connectivity index (χ4n) is 2.65. The molecule has 0 atom stereocenters. The van der Waals surface area contributed by atoms with Gasteiger partial charge in [-0.05, 0) is 29.3 Å². The summed E-state index contributed by atoms with van der Waals surface area (Å²) in [6.45, 7) is 0.512. The maximum absolute atomic E-state index is 12.8. The Kier molecular flexibility index (Phi) is 4.04. The highest BCUT2D eigenvalue weighted by Gasteiger charge is 2.10. The molecule has 2 aromatic heterocycles. The van der Waals surface area contributed by atoms with Crippen LogP contribution < -0.4 is 5.56 Å². The molecule has 0 radical (unpaired) electrons. The minimum atomic E-state index is -0.00148. The van der Waals surface area contributed by atoms with E-state index in [4.69, 9.17) is 0 Å². The number of halogens is 1. The van der Waals surface area contributed by atoms with Crippen LogP contribution in [0.2, 0.25) is 0 Å². The molecule has 2 aromatic carbocycles. The molecule has 0 fully saturated rings. The second-order valence-corrected chi connectivity index (χ2v) is 7.45. The molecule has 0 saturated heterocycles. The van der Waals surface area contributed by atoms with Gasteiger partial charge in [0.05, 0.1) is 18.3 Å². The van der Waals surface area contributed by atoms with Crippen LogP contribution in [-0.4, -0.2) is 9.55 Å².